The van der Waals surface area contributed by atoms with E-state index in [2.05, 4.69) is 5.32 Å². The Labute approximate surface area is 119 Å². The van der Waals surface area contributed by atoms with E-state index in [9.17, 15) is 23.5 Å². The van der Waals surface area contributed by atoms with Crippen LogP contribution in [0.1, 0.15) is 23.2 Å². The number of carbonyl (C=O) groups excluding carboxylic acids is 1. The third-order valence-electron chi connectivity index (χ3n) is 3.22. The molecule has 0 aromatic heterocycles. The summed E-state index contributed by atoms with van der Waals surface area (Å²) >= 11 is 0. The number of aliphatic hydroxyl groups is 1. The normalized spacial score (nSPS) is 18.4. The molecule has 0 bridgehead atoms. The standard InChI is InChI=1S/C13H14F2N2O4/c14-9-4-8(12(19)20)11(5-10(9)15)16-13(21)17-3-1-2-7(18)6-17/h4-5,7,18H,1-3,6H2,(H,16,21)(H,19,20). The van der Waals surface area contributed by atoms with Crippen LogP contribution in [0.5, 0.6) is 0 Å². The number of aromatic carboxylic acids is 1. The number of hydrogen-bond donors (Lipinski definition) is 3. The molecule has 1 atom stereocenters. The van der Waals surface area contributed by atoms with E-state index in [1.54, 1.807) is 0 Å². The van der Waals surface area contributed by atoms with E-state index in [-0.39, 0.29) is 12.2 Å². The van der Waals surface area contributed by atoms with Gasteiger partial charge in [-0.25, -0.2) is 18.4 Å². The van der Waals surface area contributed by atoms with Crippen molar-refractivity contribution in [3.05, 3.63) is 29.3 Å². The minimum atomic E-state index is -1.48. The predicted molar refractivity (Wildman–Crippen MR) is 69.1 cm³/mol. The zero-order valence-corrected chi connectivity index (χ0v) is 11.0. The van der Waals surface area contributed by atoms with Crippen molar-refractivity contribution in [1.82, 2.24) is 4.90 Å². The predicted octanol–water partition coefficient (Wildman–Crippen LogP) is 1.65. The molecule has 1 fully saturated rings. The number of nitrogens with zero attached hydrogens (tertiary/aromatic N) is 1. The van der Waals surface area contributed by atoms with Crippen LogP contribution in [0.4, 0.5) is 19.3 Å². The second-order valence-electron chi connectivity index (χ2n) is 4.79. The van der Waals surface area contributed by atoms with Gasteiger partial charge in [0.25, 0.3) is 0 Å². The van der Waals surface area contributed by atoms with Gasteiger partial charge in [-0.15, -0.1) is 0 Å². The Hall–Kier alpha value is -2.22. The molecule has 0 saturated carbocycles. The molecule has 0 spiro atoms. The Morgan fingerprint density at radius 2 is 1.95 bits per heavy atom. The van der Waals surface area contributed by atoms with E-state index in [1.165, 1.54) is 4.90 Å². The maximum absolute atomic E-state index is 13.2. The first kappa shape index (κ1) is 15.2. The van der Waals surface area contributed by atoms with Gasteiger partial charge in [0.2, 0.25) is 0 Å². The molecular weight excluding hydrogens is 286 g/mol. The zero-order chi connectivity index (χ0) is 15.6. The number of rotatable bonds is 2. The van der Waals surface area contributed by atoms with Crippen molar-refractivity contribution in [1.29, 1.82) is 0 Å². The average molecular weight is 300 g/mol. The molecule has 114 valence electrons. The number of halogens is 2. The second-order valence-corrected chi connectivity index (χ2v) is 4.79. The first-order valence-corrected chi connectivity index (χ1v) is 6.35. The van der Waals surface area contributed by atoms with Gasteiger partial charge >= 0.3 is 12.0 Å². The molecule has 1 unspecified atom stereocenters. The number of piperidine rings is 1. The van der Waals surface area contributed by atoms with Crippen molar-refractivity contribution in [3.63, 3.8) is 0 Å². The molecule has 0 radical (unpaired) electrons. The van der Waals surface area contributed by atoms with Crippen LogP contribution in [0, 0.1) is 11.6 Å². The number of urea groups is 1. The molecule has 8 heteroatoms. The first-order valence-electron chi connectivity index (χ1n) is 6.35. The Balaban J connectivity index is 2.20. The summed E-state index contributed by atoms with van der Waals surface area (Å²) in [5.41, 5.74) is -0.869. The summed E-state index contributed by atoms with van der Waals surface area (Å²) in [6.07, 6.45) is 0.543. The molecule has 1 saturated heterocycles. The summed E-state index contributed by atoms with van der Waals surface area (Å²) in [5.74, 6) is -4.05. The third kappa shape index (κ3) is 3.46. The molecular formula is C13H14F2N2O4. The van der Waals surface area contributed by atoms with E-state index in [4.69, 9.17) is 5.11 Å². The fourth-order valence-corrected chi connectivity index (χ4v) is 2.16. The average Bonchev–Trinajstić information content (AvgIpc) is 2.42. The monoisotopic (exact) mass is 300 g/mol. The molecule has 1 aromatic rings. The van der Waals surface area contributed by atoms with E-state index in [0.29, 0.717) is 31.5 Å². The van der Waals surface area contributed by atoms with Crippen molar-refractivity contribution in [2.24, 2.45) is 0 Å². The highest BCUT2D eigenvalue weighted by molar-refractivity contribution is 6.00. The Kier molecular flexibility index (Phi) is 4.37. The molecule has 3 N–H and O–H groups in total. The number of carboxylic acid groups (broad SMARTS) is 1. The molecule has 21 heavy (non-hydrogen) atoms. The van der Waals surface area contributed by atoms with E-state index >= 15 is 0 Å². The number of β-amino-alcohol motifs (C(OH)–C–C–N with tert-alkyl or cyclic N) is 1. The molecule has 0 aliphatic carbocycles. The molecule has 1 aliphatic rings. The van der Waals surface area contributed by atoms with E-state index in [1.807, 2.05) is 0 Å². The summed E-state index contributed by atoms with van der Waals surface area (Å²) in [6.45, 7) is 0.507. The number of carboxylic acids is 1. The Morgan fingerprint density at radius 3 is 2.57 bits per heavy atom. The Morgan fingerprint density at radius 1 is 1.29 bits per heavy atom. The lowest BCUT2D eigenvalue weighted by molar-refractivity contribution is 0.0697. The minimum Gasteiger partial charge on any atom is -0.478 e. The van der Waals surface area contributed by atoms with Crippen LogP contribution in [0.2, 0.25) is 0 Å². The van der Waals surface area contributed by atoms with Crippen LogP contribution in [0.3, 0.4) is 0 Å². The lowest BCUT2D eigenvalue weighted by Gasteiger charge is -2.30. The van der Waals surface area contributed by atoms with Gasteiger partial charge in [0, 0.05) is 19.2 Å². The third-order valence-corrected chi connectivity index (χ3v) is 3.22. The number of carbonyl (C=O) groups is 2. The molecule has 6 nitrogen and oxygen atoms in total. The van der Waals surface area contributed by atoms with Crippen LogP contribution in [0.15, 0.2) is 12.1 Å². The van der Waals surface area contributed by atoms with Gasteiger partial charge < -0.3 is 20.4 Å². The largest absolute Gasteiger partial charge is 0.478 e. The highest BCUT2D eigenvalue weighted by Crippen LogP contribution is 2.21. The summed E-state index contributed by atoms with van der Waals surface area (Å²) < 4.78 is 26.3. The molecule has 1 heterocycles. The molecule has 2 amide bonds. The van der Waals surface area contributed by atoms with E-state index in [0.717, 1.165) is 0 Å². The Bertz CT molecular complexity index is 580. The fraction of sp³-hybridized carbons (Fsp3) is 0.385. The summed E-state index contributed by atoms with van der Waals surface area (Å²) in [4.78, 5) is 24.3. The van der Waals surface area contributed by atoms with Gasteiger partial charge in [-0.05, 0) is 18.9 Å². The number of aliphatic hydroxyl groups excluding tert-OH is 1. The van der Waals surface area contributed by atoms with E-state index < -0.39 is 35.3 Å². The van der Waals surface area contributed by atoms with Crippen LogP contribution in [-0.2, 0) is 0 Å². The molecule has 1 aromatic carbocycles. The van der Waals surface area contributed by atoms with Gasteiger partial charge in [0.1, 0.15) is 0 Å². The van der Waals surface area contributed by atoms with Crippen LogP contribution in [-0.4, -0.2) is 46.3 Å². The minimum absolute atomic E-state index is 0.109. The topological polar surface area (TPSA) is 89.9 Å². The first-order chi connectivity index (χ1) is 9.88. The van der Waals surface area contributed by atoms with Crippen LogP contribution < -0.4 is 5.32 Å². The lowest BCUT2D eigenvalue weighted by Crippen LogP contribution is -2.44. The lowest BCUT2D eigenvalue weighted by atomic mass is 10.1. The number of benzene rings is 1. The smallest absolute Gasteiger partial charge is 0.337 e. The number of likely N-dealkylation sites (tertiary alicyclic amines) is 1. The molecule has 2 rings (SSSR count). The summed E-state index contributed by atoms with van der Waals surface area (Å²) in [7, 11) is 0. The van der Waals surface area contributed by atoms with Gasteiger partial charge in [0.15, 0.2) is 11.6 Å². The van der Waals surface area contributed by atoms with Crippen molar-refractivity contribution < 1.29 is 28.6 Å². The number of anilines is 1. The van der Waals surface area contributed by atoms with Crippen LogP contribution in [0.25, 0.3) is 0 Å². The van der Waals surface area contributed by atoms with Crippen molar-refractivity contribution in [2.45, 2.75) is 18.9 Å². The van der Waals surface area contributed by atoms with Crippen molar-refractivity contribution in [2.75, 3.05) is 18.4 Å². The SMILES string of the molecule is O=C(O)c1cc(F)c(F)cc1NC(=O)N1CCCC(O)C1. The van der Waals surface area contributed by atoms with Gasteiger partial charge in [0.05, 0.1) is 17.4 Å². The highest BCUT2D eigenvalue weighted by Gasteiger charge is 2.24. The quantitative estimate of drug-likeness (QED) is 0.774. The summed E-state index contributed by atoms with van der Waals surface area (Å²) in [6, 6.07) is 0.470. The van der Waals surface area contributed by atoms with Gasteiger partial charge in [-0.3, -0.25) is 0 Å². The van der Waals surface area contributed by atoms with Crippen LogP contribution >= 0.6 is 0 Å². The van der Waals surface area contributed by atoms with Crippen molar-refractivity contribution in [3.8, 4) is 0 Å². The summed E-state index contributed by atoms with van der Waals surface area (Å²) in [5, 5.41) is 20.7. The van der Waals surface area contributed by atoms with Gasteiger partial charge in [-0.1, -0.05) is 0 Å². The molecule has 1 aliphatic heterocycles. The number of hydrogen-bond acceptors (Lipinski definition) is 3. The number of nitrogens with one attached hydrogen (secondary N) is 1. The fourth-order valence-electron chi connectivity index (χ4n) is 2.16. The van der Waals surface area contributed by atoms with Crippen molar-refractivity contribution >= 4 is 17.7 Å². The number of amides is 2. The zero-order valence-electron chi connectivity index (χ0n) is 11.0. The highest BCUT2D eigenvalue weighted by atomic mass is 19.2. The second kappa shape index (κ2) is 6.04. The maximum Gasteiger partial charge on any atom is 0.337 e. The maximum atomic E-state index is 13.2. The van der Waals surface area contributed by atoms with Gasteiger partial charge in [-0.2, -0.15) is 0 Å².